The first-order valence-electron chi connectivity index (χ1n) is 6.03. The normalized spacial score (nSPS) is 14.5. The van der Waals surface area contributed by atoms with E-state index >= 15 is 0 Å². The number of allylic oxidation sites excluding steroid dienone is 1. The topological polar surface area (TPSA) is 68.3 Å². The molecule has 12 heteroatoms. The number of hydrogen-bond acceptors (Lipinski definition) is 4. The van der Waals surface area contributed by atoms with Crippen LogP contribution in [0.3, 0.4) is 0 Å². The number of rotatable bonds is 5. The zero-order valence-corrected chi connectivity index (χ0v) is 13.2. The van der Waals surface area contributed by atoms with Crippen LogP contribution in [0.2, 0.25) is 0 Å². The monoisotopic (exact) mass is 396 g/mol. The quantitative estimate of drug-likeness (QED) is 0.717. The Morgan fingerprint density at radius 1 is 0.833 bits per heavy atom. The van der Waals surface area contributed by atoms with Crippen LogP contribution < -0.4 is 0 Å². The van der Waals surface area contributed by atoms with Gasteiger partial charge in [0.15, 0.2) is 4.58 Å². The Kier molecular flexibility index (Phi) is 5.76. The molecule has 0 heterocycles. The second kappa shape index (κ2) is 6.75. The molecular formula is C12H10F6O4S2. The average Bonchev–Trinajstić information content (AvgIpc) is 2.41. The molecule has 0 saturated heterocycles. The summed E-state index contributed by atoms with van der Waals surface area (Å²) in [7, 11) is -13.2. The Morgan fingerprint density at radius 2 is 1.25 bits per heavy atom. The Hall–Kier alpha value is -1.56. The zero-order valence-electron chi connectivity index (χ0n) is 11.5. The summed E-state index contributed by atoms with van der Waals surface area (Å²) in [5.41, 5.74) is -11.9. The first kappa shape index (κ1) is 20.5. The summed E-state index contributed by atoms with van der Waals surface area (Å²) in [4.78, 5) is 0. The number of halogens is 6. The summed E-state index contributed by atoms with van der Waals surface area (Å²) in [6, 6.07) is 7.47. The molecule has 136 valence electrons. The molecule has 1 aromatic rings. The van der Waals surface area contributed by atoms with Crippen molar-refractivity contribution in [3.8, 4) is 0 Å². The van der Waals surface area contributed by atoms with E-state index in [0.717, 1.165) is 6.08 Å². The predicted molar refractivity (Wildman–Crippen MR) is 73.8 cm³/mol. The lowest BCUT2D eigenvalue weighted by Gasteiger charge is -2.19. The van der Waals surface area contributed by atoms with Crippen molar-refractivity contribution >= 4 is 25.8 Å². The van der Waals surface area contributed by atoms with Gasteiger partial charge < -0.3 is 0 Å². The van der Waals surface area contributed by atoms with Gasteiger partial charge in [0.1, 0.15) is 0 Å². The maximum Gasteiger partial charge on any atom is 0.498 e. The van der Waals surface area contributed by atoms with E-state index in [-0.39, 0.29) is 0 Å². The van der Waals surface area contributed by atoms with Crippen LogP contribution in [0.25, 0.3) is 6.08 Å². The molecule has 0 unspecified atom stereocenters. The van der Waals surface area contributed by atoms with Crippen LogP contribution in [0.5, 0.6) is 0 Å². The van der Waals surface area contributed by atoms with Crippen molar-refractivity contribution in [2.75, 3.05) is 0 Å². The van der Waals surface area contributed by atoms with E-state index in [9.17, 15) is 43.2 Å². The molecule has 0 aromatic heterocycles. The van der Waals surface area contributed by atoms with Crippen LogP contribution in [-0.4, -0.2) is 32.4 Å². The molecule has 0 bridgehead atoms. The van der Waals surface area contributed by atoms with E-state index in [0.29, 0.717) is 11.6 Å². The van der Waals surface area contributed by atoms with Crippen molar-refractivity contribution in [2.45, 2.75) is 22.0 Å². The number of sulfone groups is 2. The minimum Gasteiger partial charge on any atom is -0.218 e. The molecule has 0 aliphatic carbocycles. The molecule has 0 spiro atoms. The molecule has 1 rings (SSSR count). The van der Waals surface area contributed by atoms with E-state index in [1.807, 2.05) is 0 Å². The third-order valence-corrected chi connectivity index (χ3v) is 7.36. The number of alkyl halides is 6. The summed E-state index contributed by atoms with van der Waals surface area (Å²) >= 11 is 0. The van der Waals surface area contributed by atoms with Gasteiger partial charge in [-0.2, -0.15) is 26.3 Å². The lowest BCUT2D eigenvalue weighted by atomic mass is 10.2. The largest absolute Gasteiger partial charge is 0.498 e. The van der Waals surface area contributed by atoms with Crippen LogP contribution >= 0.6 is 0 Å². The molecule has 0 aliphatic heterocycles. The van der Waals surface area contributed by atoms with Gasteiger partial charge in [-0.25, -0.2) is 16.8 Å². The van der Waals surface area contributed by atoms with Crippen LogP contribution in [0.1, 0.15) is 12.0 Å². The highest BCUT2D eigenvalue weighted by atomic mass is 32.3. The van der Waals surface area contributed by atoms with Crippen LogP contribution in [0.4, 0.5) is 26.3 Å². The Morgan fingerprint density at radius 3 is 1.62 bits per heavy atom. The maximum absolute atomic E-state index is 12.5. The number of benzene rings is 1. The van der Waals surface area contributed by atoms with Gasteiger partial charge in [-0.1, -0.05) is 42.5 Å². The fourth-order valence-corrected chi connectivity index (χ4v) is 4.91. The van der Waals surface area contributed by atoms with Crippen LogP contribution in [0, 0.1) is 0 Å². The summed E-state index contributed by atoms with van der Waals surface area (Å²) in [6.07, 6.45) is 0.149. The van der Waals surface area contributed by atoms with Crippen molar-refractivity contribution in [1.82, 2.24) is 0 Å². The second-order valence-corrected chi connectivity index (χ2v) is 9.00. The molecular weight excluding hydrogens is 386 g/mol. The standard InChI is InChI=1S/C12H10F6O4S2/c13-11(14,15)23(19,20)10(24(21,22)12(16,17)18)8-4-7-9-5-2-1-3-6-9/h1-7,10H,8H2/b7-4+. The summed E-state index contributed by atoms with van der Waals surface area (Å²) in [5.74, 6) is 0. The van der Waals surface area contributed by atoms with Gasteiger partial charge in [-0.05, 0) is 12.0 Å². The maximum atomic E-state index is 12.5. The Balaban J connectivity index is 3.29. The number of hydrogen-bond donors (Lipinski definition) is 0. The van der Waals surface area contributed by atoms with Crippen molar-refractivity contribution in [1.29, 1.82) is 0 Å². The molecule has 0 radical (unpaired) electrons. The van der Waals surface area contributed by atoms with E-state index in [1.165, 1.54) is 24.3 Å². The molecule has 0 saturated carbocycles. The lowest BCUT2D eigenvalue weighted by Crippen LogP contribution is -2.44. The van der Waals surface area contributed by atoms with E-state index in [2.05, 4.69) is 0 Å². The minimum absolute atomic E-state index is 0.338. The Bertz CT molecular complexity index is 748. The van der Waals surface area contributed by atoms with Gasteiger partial charge in [-0.3, -0.25) is 0 Å². The van der Waals surface area contributed by atoms with Crippen molar-refractivity contribution < 1.29 is 43.2 Å². The highest BCUT2D eigenvalue weighted by Gasteiger charge is 2.62. The fourth-order valence-electron chi connectivity index (χ4n) is 1.60. The lowest BCUT2D eigenvalue weighted by molar-refractivity contribution is -0.0471. The molecule has 1 aromatic carbocycles. The molecule has 4 nitrogen and oxygen atoms in total. The third-order valence-electron chi connectivity index (χ3n) is 2.78. The fraction of sp³-hybridized carbons (Fsp3) is 0.333. The van der Waals surface area contributed by atoms with E-state index in [1.54, 1.807) is 6.07 Å². The second-order valence-electron chi connectivity index (χ2n) is 4.46. The first-order valence-corrected chi connectivity index (χ1v) is 9.12. The SMILES string of the molecule is O=S(=O)(C(C/C=C/c1ccccc1)S(=O)(=O)C(F)(F)F)C(F)(F)F. The van der Waals surface area contributed by atoms with E-state index < -0.39 is 41.7 Å². The van der Waals surface area contributed by atoms with Gasteiger partial charge in [0.25, 0.3) is 19.7 Å². The van der Waals surface area contributed by atoms with Gasteiger partial charge >= 0.3 is 11.0 Å². The first-order chi connectivity index (χ1) is 10.7. The third kappa shape index (κ3) is 4.29. The summed E-state index contributed by atoms with van der Waals surface area (Å²) < 4.78 is 116. The van der Waals surface area contributed by atoms with Gasteiger partial charge in [0, 0.05) is 0 Å². The molecule has 0 fully saturated rings. The van der Waals surface area contributed by atoms with Gasteiger partial charge in [0.2, 0.25) is 0 Å². The van der Waals surface area contributed by atoms with Crippen molar-refractivity contribution in [2.24, 2.45) is 0 Å². The average molecular weight is 396 g/mol. The zero-order chi connectivity index (χ0) is 18.8. The molecule has 0 atom stereocenters. The van der Waals surface area contributed by atoms with Gasteiger partial charge in [0.05, 0.1) is 0 Å². The smallest absolute Gasteiger partial charge is 0.218 e. The molecule has 24 heavy (non-hydrogen) atoms. The minimum atomic E-state index is -6.59. The predicted octanol–water partition coefficient (Wildman–Crippen LogP) is 3.29. The van der Waals surface area contributed by atoms with E-state index in [4.69, 9.17) is 0 Å². The molecule has 0 amide bonds. The van der Waals surface area contributed by atoms with Crippen LogP contribution in [0.15, 0.2) is 36.4 Å². The van der Waals surface area contributed by atoms with Crippen molar-refractivity contribution in [3.63, 3.8) is 0 Å². The van der Waals surface area contributed by atoms with Crippen LogP contribution in [-0.2, 0) is 19.7 Å². The van der Waals surface area contributed by atoms with Crippen molar-refractivity contribution in [3.05, 3.63) is 42.0 Å². The molecule has 0 aliphatic rings. The van der Waals surface area contributed by atoms with Gasteiger partial charge in [-0.15, -0.1) is 0 Å². The highest BCUT2D eigenvalue weighted by Crippen LogP contribution is 2.37. The summed E-state index contributed by atoms with van der Waals surface area (Å²) in [5, 5.41) is 0. The summed E-state index contributed by atoms with van der Waals surface area (Å²) in [6.45, 7) is 0. The highest BCUT2D eigenvalue weighted by molar-refractivity contribution is 8.09. The molecule has 0 N–H and O–H groups in total. The Labute approximate surface area is 133 Å².